The van der Waals surface area contributed by atoms with Crippen LogP contribution < -0.4 is 10.6 Å². The van der Waals surface area contributed by atoms with Crippen LogP contribution in [-0.4, -0.2) is 34.2 Å². The van der Waals surface area contributed by atoms with Gasteiger partial charge in [0.2, 0.25) is 5.95 Å². The van der Waals surface area contributed by atoms with E-state index in [1.807, 2.05) is 18.3 Å². The van der Waals surface area contributed by atoms with Gasteiger partial charge in [-0.2, -0.15) is 4.98 Å². The lowest BCUT2D eigenvalue weighted by Gasteiger charge is -2.13. The summed E-state index contributed by atoms with van der Waals surface area (Å²) < 4.78 is 2.77. The minimum atomic E-state index is 0.688. The standard InChI is InChI=1S/C13H16BrN5/c14-11-1-2-12-17-13(18-19(12)9-11)16-8-5-10-3-6-15-7-4-10/h1-3,9,15H,4-8H2,(H,16,18). The predicted octanol–water partition coefficient (Wildman–Crippen LogP) is 2.21. The summed E-state index contributed by atoms with van der Waals surface area (Å²) in [7, 11) is 0. The first-order chi connectivity index (χ1) is 9.31. The Labute approximate surface area is 120 Å². The third-order valence-electron chi connectivity index (χ3n) is 3.18. The van der Waals surface area contributed by atoms with Crippen LogP contribution >= 0.6 is 15.9 Å². The number of pyridine rings is 1. The number of aromatic nitrogens is 3. The second-order valence-corrected chi connectivity index (χ2v) is 5.49. The van der Waals surface area contributed by atoms with Crippen LogP contribution in [0.25, 0.3) is 5.65 Å². The zero-order valence-corrected chi connectivity index (χ0v) is 12.2. The molecule has 6 heteroatoms. The fourth-order valence-electron chi connectivity index (χ4n) is 2.16. The maximum absolute atomic E-state index is 4.42. The first kappa shape index (κ1) is 12.6. The van der Waals surface area contributed by atoms with E-state index < -0.39 is 0 Å². The number of halogens is 1. The molecule has 0 unspecified atom stereocenters. The third kappa shape index (κ3) is 3.13. The van der Waals surface area contributed by atoms with Gasteiger partial charge in [-0.15, -0.1) is 5.10 Å². The molecular weight excluding hydrogens is 306 g/mol. The van der Waals surface area contributed by atoms with Crippen LogP contribution in [0.2, 0.25) is 0 Å². The van der Waals surface area contributed by atoms with Crippen LogP contribution in [0.15, 0.2) is 34.5 Å². The molecule has 1 aliphatic heterocycles. The summed E-state index contributed by atoms with van der Waals surface area (Å²) in [6.45, 7) is 2.96. The molecule has 0 saturated heterocycles. The maximum Gasteiger partial charge on any atom is 0.243 e. The fraction of sp³-hybridized carbons (Fsp3) is 0.385. The van der Waals surface area contributed by atoms with Crippen LogP contribution in [0.4, 0.5) is 5.95 Å². The van der Waals surface area contributed by atoms with Crippen molar-refractivity contribution < 1.29 is 0 Å². The summed E-state index contributed by atoms with van der Waals surface area (Å²) in [6, 6.07) is 3.91. The van der Waals surface area contributed by atoms with E-state index in [-0.39, 0.29) is 0 Å². The van der Waals surface area contributed by atoms with Gasteiger partial charge in [0.05, 0.1) is 0 Å². The van der Waals surface area contributed by atoms with Crippen molar-refractivity contribution in [2.75, 3.05) is 25.0 Å². The molecule has 1 aliphatic rings. The molecule has 2 aromatic heterocycles. The largest absolute Gasteiger partial charge is 0.353 e. The van der Waals surface area contributed by atoms with Crippen LogP contribution in [0.3, 0.4) is 0 Å². The Balaban J connectivity index is 1.60. The number of hydrogen-bond donors (Lipinski definition) is 2. The van der Waals surface area contributed by atoms with Crippen molar-refractivity contribution in [3.05, 3.63) is 34.5 Å². The fourth-order valence-corrected chi connectivity index (χ4v) is 2.49. The molecule has 100 valence electrons. The van der Waals surface area contributed by atoms with Crippen molar-refractivity contribution in [3.63, 3.8) is 0 Å². The summed E-state index contributed by atoms with van der Waals surface area (Å²) in [5.74, 6) is 0.688. The van der Waals surface area contributed by atoms with Gasteiger partial charge in [-0.25, -0.2) is 4.52 Å². The van der Waals surface area contributed by atoms with Gasteiger partial charge in [-0.3, -0.25) is 0 Å². The first-order valence-electron chi connectivity index (χ1n) is 6.46. The normalized spacial score (nSPS) is 15.5. The van der Waals surface area contributed by atoms with Crippen molar-refractivity contribution in [1.29, 1.82) is 0 Å². The molecule has 3 rings (SSSR count). The Hall–Kier alpha value is -1.40. The van der Waals surface area contributed by atoms with Gasteiger partial charge in [0.1, 0.15) is 0 Å². The average molecular weight is 322 g/mol. The van der Waals surface area contributed by atoms with E-state index in [0.29, 0.717) is 5.95 Å². The molecular formula is C13H16BrN5. The number of rotatable bonds is 4. The van der Waals surface area contributed by atoms with Crippen LogP contribution in [0.1, 0.15) is 12.8 Å². The van der Waals surface area contributed by atoms with Gasteiger partial charge < -0.3 is 10.6 Å². The number of nitrogens with one attached hydrogen (secondary N) is 2. The number of nitrogens with zero attached hydrogens (tertiary/aromatic N) is 3. The van der Waals surface area contributed by atoms with Crippen molar-refractivity contribution >= 4 is 27.5 Å². The molecule has 0 spiro atoms. The van der Waals surface area contributed by atoms with Crippen molar-refractivity contribution in [2.24, 2.45) is 0 Å². The SMILES string of the molecule is Brc1ccc2nc(NCCC3=CCNCC3)nn2c1. The van der Waals surface area contributed by atoms with Gasteiger partial charge in [0, 0.05) is 23.8 Å². The molecule has 0 aromatic carbocycles. The summed E-state index contributed by atoms with van der Waals surface area (Å²) in [4.78, 5) is 4.42. The molecule has 0 saturated carbocycles. The van der Waals surface area contributed by atoms with E-state index in [1.165, 1.54) is 5.57 Å². The highest BCUT2D eigenvalue weighted by atomic mass is 79.9. The Morgan fingerprint density at radius 2 is 2.37 bits per heavy atom. The van der Waals surface area contributed by atoms with Crippen molar-refractivity contribution in [3.8, 4) is 0 Å². The molecule has 19 heavy (non-hydrogen) atoms. The average Bonchev–Trinajstić information content (AvgIpc) is 2.82. The Bertz CT molecular complexity index is 604. The molecule has 5 nitrogen and oxygen atoms in total. The lowest BCUT2D eigenvalue weighted by Crippen LogP contribution is -2.21. The van der Waals surface area contributed by atoms with Gasteiger partial charge in [-0.05, 0) is 47.4 Å². The maximum atomic E-state index is 4.42. The number of anilines is 1. The molecule has 0 bridgehead atoms. The minimum Gasteiger partial charge on any atom is -0.353 e. The van der Waals surface area contributed by atoms with Crippen LogP contribution in [0, 0.1) is 0 Å². The van der Waals surface area contributed by atoms with Crippen LogP contribution in [0.5, 0.6) is 0 Å². The lowest BCUT2D eigenvalue weighted by atomic mass is 10.1. The van der Waals surface area contributed by atoms with Crippen LogP contribution in [-0.2, 0) is 0 Å². The van der Waals surface area contributed by atoms with Gasteiger partial charge in [0.15, 0.2) is 5.65 Å². The monoisotopic (exact) mass is 321 g/mol. The lowest BCUT2D eigenvalue weighted by molar-refractivity contribution is 0.683. The Kier molecular flexibility index (Phi) is 3.79. The second-order valence-electron chi connectivity index (χ2n) is 4.58. The zero-order valence-electron chi connectivity index (χ0n) is 10.6. The first-order valence-corrected chi connectivity index (χ1v) is 7.25. The van der Waals surface area contributed by atoms with E-state index in [1.54, 1.807) is 4.52 Å². The Morgan fingerprint density at radius 1 is 1.42 bits per heavy atom. The molecule has 0 atom stereocenters. The number of hydrogen-bond acceptors (Lipinski definition) is 4. The molecule has 3 heterocycles. The van der Waals surface area contributed by atoms with Crippen molar-refractivity contribution in [2.45, 2.75) is 12.8 Å². The van der Waals surface area contributed by atoms with E-state index in [2.05, 4.69) is 42.7 Å². The minimum absolute atomic E-state index is 0.688. The smallest absolute Gasteiger partial charge is 0.243 e. The summed E-state index contributed by atoms with van der Waals surface area (Å²) in [5.41, 5.74) is 2.37. The van der Waals surface area contributed by atoms with Crippen molar-refractivity contribution in [1.82, 2.24) is 19.9 Å². The second kappa shape index (κ2) is 5.71. The third-order valence-corrected chi connectivity index (χ3v) is 3.65. The summed E-state index contributed by atoms with van der Waals surface area (Å²) in [6.07, 6.45) is 6.39. The topological polar surface area (TPSA) is 54.2 Å². The van der Waals surface area contributed by atoms with E-state index >= 15 is 0 Å². The molecule has 0 fully saturated rings. The highest BCUT2D eigenvalue weighted by Crippen LogP contribution is 2.13. The Morgan fingerprint density at radius 3 is 3.21 bits per heavy atom. The quantitative estimate of drug-likeness (QED) is 0.848. The highest BCUT2D eigenvalue weighted by Gasteiger charge is 2.05. The summed E-state index contributed by atoms with van der Waals surface area (Å²) in [5, 5.41) is 11.0. The number of fused-ring (bicyclic) bond motifs is 1. The predicted molar refractivity (Wildman–Crippen MR) is 79.4 cm³/mol. The van der Waals surface area contributed by atoms with E-state index in [4.69, 9.17) is 0 Å². The molecule has 2 N–H and O–H groups in total. The summed E-state index contributed by atoms with van der Waals surface area (Å²) >= 11 is 3.42. The van der Waals surface area contributed by atoms with E-state index in [0.717, 1.165) is 42.6 Å². The molecule has 0 aliphatic carbocycles. The highest BCUT2D eigenvalue weighted by molar-refractivity contribution is 9.10. The van der Waals surface area contributed by atoms with Gasteiger partial charge >= 0.3 is 0 Å². The molecule has 0 radical (unpaired) electrons. The zero-order chi connectivity index (χ0) is 13.1. The molecule has 0 amide bonds. The molecule has 2 aromatic rings. The van der Waals surface area contributed by atoms with Gasteiger partial charge in [-0.1, -0.05) is 11.6 Å². The van der Waals surface area contributed by atoms with E-state index in [9.17, 15) is 0 Å². The van der Waals surface area contributed by atoms with Gasteiger partial charge in [0.25, 0.3) is 0 Å².